The van der Waals surface area contributed by atoms with E-state index >= 15 is 0 Å². The molecule has 0 saturated heterocycles. The first-order valence-electron chi connectivity index (χ1n) is 18.6. The van der Waals surface area contributed by atoms with Crippen LogP contribution in [0.2, 0.25) is 0 Å². The third-order valence-electron chi connectivity index (χ3n) is 11.1. The Kier molecular flexibility index (Phi) is 7.71. The molecule has 1 N–H and O–H groups in total. The fourth-order valence-electron chi connectivity index (χ4n) is 8.49. The number of rotatable bonds is 3. The van der Waals surface area contributed by atoms with E-state index in [9.17, 15) is 5.11 Å². The van der Waals surface area contributed by atoms with Gasteiger partial charge in [-0.25, -0.2) is 0 Å². The first-order chi connectivity index (χ1) is 26.8. The fourth-order valence-corrected chi connectivity index (χ4v) is 8.49. The van der Waals surface area contributed by atoms with Gasteiger partial charge in [0.25, 0.3) is 0 Å². The molecule has 0 atom stereocenters. The summed E-state index contributed by atoms with van der Waals surface area (Å²) in [5.74, 6) is 1.76. The zero-order chi connectivity index (χ0) is 37.0. The van der Waals surface area contributed by atoms with E-state index in [1.165, 1.54) is 0 Å². The number of hydrogen-bond acceptors (Lipinski definition) is 4. The molecule has 0 unspecified atom stereocenters. The minimum absolute atomic E-state index is 0. The molecular weight excluding hydrogens is 870 g/mol. The van der Waals surface area contributed by atoms with E-state index in [0.29, 0.717) is 0 Å². The number of hydrogen-bond donors (Lipinski definition) is 1. The Morgan fingerprint density at radius 2 is 1.32 bits per heavy atom. The summed E-state index contributed by atoms with van der Waals surface area (Å²) < 4.78 is 8.68. The fraction of sp³-hybridized carbons (Fsp3) is 0.0800. The van der Waals surface area contributed by atoms with Crippen molar-refractivity contribution >= 4 is 54.3 Å². The Hall–Kier alpha value is -6.29. The molecule has 0 radical (unpaired) electrons. The number of aromatic hydroxyl groups is 1. The second-order valence-electron chi connectivity index (χ2n) is 15.5. The largest absolute Gasteiger partial charge is 0.507 e. The van der Waals surface area contributed by atoms with Crippen LogP contribution in [0.25, 0.3) is 93.6 Å². The topological polar surface area (TPSA) is 60.2 Å². The summed E-state index contributed by atoms with van der Waals surface area (Å²) in [6.07, 6.45) is 1.87. The van der Waals surface area contributed by atoms with Crippen LogP contribution < -0.4 is 4.74 Å². The molecule has 1 aliphatic rings. The zero-order valence-electron chi connectivity index (χ0n) is 30.9. The van der Waals surface area contributed by atoms with Gasteiger partial charge >= 0.3 is 0 Å². The van der Waals surface area contributed by atoms with Gasteiger partial charge in [0.1, 0.15) is 5.75 Å². The van der Waals surface area contributed by atoms with Crippen molar-refractivity contribution in [2.24, 2.45) is 0 Å². The van der Waals surface area contributed by atoms with E-state index in [4.69, 9.17) is 14.7 Å². The number of para-hydroxylation sites is 3. The summed E-state index contributed by atoms with van der Waals surface area (Å²) >= 11 is 0. The molecule has 3 aromatic heterocycles. The predicted octanol–water partition coefficient (Wildman–Crippen LogP) is 12.9. The molecule has 272 valence electrons. The van der Waals surface area contributed by atoms with Crippen molar-refractivity contribution < 1.29 is 30.9 Å². The maximum absolute atomic E-state index is 12.2. The first kappa shape index (κ1) is 34.2. The van der Waals surface area contributed by atoms with Crippen LogP contribution in [0.1, 0.15) is 26.3 Å². The molecule has 0 amide bonds. The number of aromatic nitrogens is 3. The monoisotopic (exact) mass is 903 g/mol. The van der Waals surface area contributed by atoms with E-state index in [-0.39, 0.29) is 32.2 Å². The molecule has 5 nitrogen and oxygen atoms in total. The van der Waals surface area contributed by atoms with Crippen molar-refractivity contribution in [1.82, 2.24) is 14.5 Å². The maximum atomic E-state index is 12.2. The van der Waals surface area contributed by atoms with Gasteiger partial charge in [0.05, 0.1) is 27.6 Å². The molecule has 0 bridgehead atoms. The van der Waals surface area contributed by atoms with E-state index in [1.807, 2.05) is 54.7 Å². The van der Waals surface area contributed by atoms with Crippen LogP contribution in [-0.4, -0.2) is 19.6 Å². The molecule has 1 aliphatic heterocycles. The van der Waals surface area contributed by atoms with Gasteiger partial charge in [-0.15, -0.1) is 23.8 Å². The van der Waals surface area contributed by atoms with Crippen molar-refractivity contribution in [3.8, 4) is 56.6 Å². The third-order valence-corrected chi connectivity index (χ3v) is 11.1. The van der Waals surface area contributed by atoms with Crippen molar-refractivity contribution in [1.29, 1.82) is 0 Å². The standard InChI is InChI=1S/C50H34N3O2.Pt/c1-50(2,3)33-25-31(24-32(26-33)39-27-30(22-23-51-39)29-12-5-4-6-13-29)38-21-20-36-34-14-7-8-15-35(34)46-45-37-16-11-19-44-49(37)53(40-17-9-10-18-43(40)55-44)41(45)28-42(54)47(46)48(36)52-38;/h4-23,25-28,54H,1-3H3;/q-1;. The minimum Gasteiger partial charge on any atom is -0.507 e. The Morgan fingerprint density at radius 3 is 2.14 bits per heavy atom. The van der Waals surface area contributed by atoms with Gasteiger partial charge in [-0.05, 0) is 51.6 Å². The number of pyridine rings is 2. The van der Waals surface area contributed by atoms with Crippen molar-refractivity contribution in [2.75, 3.05) is 0 Å². The summed E-state index contributed by atoms with van der Waals surface area (Å²) in [4.78, 5) is 10.3. The Bertz CT molecular complexity index is 3230. The number of fused-ring (bicyclic) bond motifs is 12. The molecule has 11 rings (SSSR count). The van der Waals surface area contributed by atoms with Crippen LogP contribution in [0.3, 0.4) is 0 Å². The van der Waals surface area contributed by atoms with E-state index in [0.717, 1.165) is 111 Å². The molecule has 0 fully saturated rings. The molecular formula is C50H34N3O2Pt-. The SMILES string of the molecule is CC(C)(C)c1cc(-c2cc(-c3ccccc3)ccn2)[c-]c(-c2ccc3c4ccccc4c4c(c(O)cc5c4c4cccc6c4n5-c4ccccc4O6)c3n2)c1.[Pt]. The van der Waals surface area contributed by atoms with Crippen molar-refractivity contribution in [2.45, 2.75) is 26.2 Å². The number of phenols is 1. The summed E-state index contributed by atoms with van der Waals surface area (Å²) in [7, 11) is 0. The molecule has 0 spiro atoms. The number of benzene rings is 7. The van der Waals surface area contributed by atoms with Gasteiger partial charge in [-0.3, -0.25) is 9.97 Å². The van der Waals surface area contributed by atoms with E-state index in [1.54, 1.807) is 0 Å². The average molecular weight is 904 g/mol. The zero-order valence-corrected chi connectivity index (χ0v) is 33.1. The van der Waals surface area contributed by atoms with Crippen molar-refractivity contribution in [3.05, 3.63) is 157 Å². The van der Waals surface area contributed by atoms with E-state index < -0.39 is 0 Å². The van der Waals surface area contributed by atoms with Crippen LogP contribution in [0, 0.1) is 6.07 Å². The van der Waals surface area contributed by atoms with Gasteiger partial charge in [-0.2, -0.15) is 0 Å². The smallest absolute Gasteiger partial charge is 0.152 e. The van der Waals surface area contributed by atoms with Crippen LogP contribution in [0.15, 0.2) is 146 Å². The van der Waals surface area contributed by atoms with E-state index in [2.05, 4.69) is 122 Å². The number of ether oxygens (including phenoxy) is 1. The quantitative estimate of drug-likeness (QED) is 0.142. The van der Waals surface area contributed by atoms with Gasteiger partial charge in [0.15, 0.2) is 11.5 Å². The van der Waals surface area contributed by atoms with Crippen LogP contribution in [0.4, 0.5) is 0 Å². The Morgan fingerprint density at radius 1 is 0.607 bits per heavy atom. The molecule has 7 aromatic carbocycles. The average Bonchev–Trinajstić information content (AvgIpc) is 3.55. The summed E-state index contributed by atoms with van der Waals surface area (Å²) in [5, 5.41) is 19.2. The molecule has 0 saturated carbocycles. The third kappa shape index (κ3) is 5.11. The van der Waals surface area contributed by atoms with Crippen LogP contribution in [-0.2, 0) is 26.5 Å². The maximum Gasteiger partial charge on any atom is 0.152 e. The summed E-state index contributed by atoms with van der Waals surface area (Å²) in [5.41, 5.74) is 10.3. The van der Waals surface area contributed by atoms with Gasteiger partial charge in [-0.1, -0.05) is 129 Å². The second kappa shape index (κ2) is 12.6. The second-order valence-corrected chi connectivity index (χ2v) is 15.5. The number of phenolic OH excluding ortho intramolecular Hbond substituents is 1. The molecule has 56 heavy (non-hydrogen) atoms. The van der Waals surface area contributed by atoms with Gasteiger partial charge in [0, 0.05) is 66.3 Å². The first-order valence-corrected chi connectivity index (χ1v) is 18.6. The van der Waals surface area contributed by atoms with Gasteiger partial charge < -0.3 is 14.4 Å². The molecule has 6 heteroatoms. The van der Waals surface area contributed by atoms with Gasteiger partial charge in [0.2, 0.25) is 0 Å². The molecule has 4 heterocycles. The number of nitrogens with zero attached hydrogens (tertiary/aromatic N) is 3. The predicted molar refractivity (Wildman–Crippen MR) is 224 cm³/mol. The minimum atomic E-state index is -0.141. The summed E-state index contributed by atoms with van der Waals surface area (Å²) in [6.45, 7) is 6.68. The van der Waals surface area contributed by atoms with Crippen LogP contribution in [0.5, 0.6) is 17.2 Å². The molecule has 0 aliphatic carbocycles. The van der Waals surface area contributed by atoms with Crippen molar-refractivity contribution in [3.63, 3.8) is 0 Å². The van der Waals surface area contributed by atoms with Crippen LogP contribution >= 0.6 is 0 Å². The Balaban J connectivity index is 0.00000384. The Labute approximate surface area is 338 Å². The normalized spacial score (nSPS) is 12.3. The molecule has 10 aromatic rings. The summed E-state index contributed by atoms with van der Waals surface area (Å²) in [6, 6.07) is 51.6.